The molecule has 25 heavy (non-hydrogen) atoms. The molecular formula is C17H16F3N3O2. The third kappa shape index (κ3) is 3.48. The molecule has 0 bridgehead atoms. The summed E-state index contributed by atoms with van der Waals surface area (Å²) in [5.74, 6) is -1.13. The molecule has 132 valence electrons. The standard InChI is InChI=1S/C17H16F3N3O2/c18-17(19,20)16(8-10-25-11-9-16)15(24)21-14-7-6-13(22-23-14)12-4-2-1-3-5-12/h1-7H,8-11H2,(H,21,23,24). The second kappa shape index (κ2) is 6.79. The zero-order valence-corrected chi connectivity index (χ0v) is 13.2. The highest BCUT2D eigenvalue weighted by Crippen LogP contribution is 2.46. The van der Waals surface area contributed by atoms with Gasteiger partial charge in [-0.3, -0.25) is 4.79 Å². The lowest BCUT2D eigenvalue weighted by molar-refractivity contribution is -0.237. The Balaban J connectivity index is 1.78. The minimum atomic E-state index is -4.65. The molecule has 5 nitrogen and oxygen atoms in total. The van der Waals surface area contributed by atoms with Gasteiger partial charge < -0.3 is 10.1 Å². The van der Waals surface area contributed by atoms with Gasteiger partial charge in [0.1, 0.15) is 5.41 Å². The Labute approximate surface area is 142 Å². The summed E-state index contributed by atoms with van der Waals surface area (Å²) >= 11 is 0. The Morgan fingerprint density at radius 1 is 1.04 bits per heavy atom. The topological polar surface area (TPSA) is 64.1 Å². The minimum Gasteiger partial charge on any atom is -0.381 e. The van der Waals surface area contributed by atoms with Crippen molar-refractivity contribution in [1.82, 2.24) is 10.2 Å². The van der Waals surface area contributed by atoms with Crippen LogP contribution in [0.25, 0.3) is 11.3 Å². The summed E-state index contributed by atoms with van der Waals surface area (Å²) in [6, 6.07) is 12.2. The van der Waals surface area contributed by atoms with E-state index in [4.69, 9.17) is 4.74 Å². The van der Waals surface area contributed by atoms with Crippen LogP contribution < -0.4 is 5.32 Å². The average Bonchev–Trinajstić information content (AvgIpc) is 2.63. The summed E-state index contributed by atoms with van der Waals surface area (Å²) in [5.41, 5.74) is -1.07. The number of carbonyl (C=O) groups excluding carboxylic acids is 1. The summed E-state index contributed by atoms with van der Waals surface area (Å²) in [5, 5.41) is 10.0. The van der Waals surface area contributed by atoms with E-state index < -0.39 is 30.3 Å². The number of hydrogen-bond donors (Lipinski definition) is 1. The lowest BCUT2D eigenvalue weighted by Gasteiger charge is -2.36. The predicted molar refractivity (Wildman–Crippen MR) is 84.6 cm³/mol. The van der Waals surface area contributed by atoms with Crippen molar-refractivity contribution in [2.24, 2.45) is 5.41 Å². The number of hydrogen-bond acceptors (Lipinski definition) is 4. The van der Waals surface area contributed by atoms with Gasteiger partial charge in [0.05, 0.1) is 5.69 Å². The molecule has 8 heteroatoms. The zero-order chi connectivity index (χ0) is 17.9. The number of ether oxygens (including phenoxy) is 1. The van der Waals surface area contributed by atoms with E-state index in [1.165, 1.54) is 6.07 Å². The van der Waals surface area contributed by atoms with Crippen molar-refractivity contribution in [3.05, 3.63) is 42.5 Å². The molecule has 2 heterocycles. The highest BCUT2D eigenvalue weighted by Gasteiger charge is 2.60. The maximum Gasteiger partial charge on any atom is 0.403 e. The number of alkyl halides is 3. The smallest absolute Gasteiger partial charge is 0.381 e. The molecule has 3 rings (SSSR count). The highest BCUT2D eigenvalue weighted by molar-refractivity contribution is 5.95. The third-order valence-corrected chi connectivity index (χ3v) is 4.30. The molecule has 1 N–H and O–H groups in total. The zero-order valence-electron chi connectivity index (χ0n) is 13.2. The van der Waals surface area contributed by atoms with E-state index in [-0.39, 0.29) is 19.0 Å². The Morgan fingerprint density at radius 3 is 2.28 bits per heavy atom. The van der Waals surface area contributed by atoms with E-state index in [9.17, 15) is 18.0 Å². The molecule has 1 fully saturated rings. The Morgan fingerprint density at radius 2 is 1.72 bits per heavy atom. The second-order valence-corrected chi connectivity index (χ2v) is 5.82. The molecule has 0 atom stereocenters. The number of anilines is 1. The predicted octanol–water partition coefficient (Wildman–Crippen LogP) is 3.44. The molecule has 0 aliphatic carbocycles. The monoisotopic (exact) mass is 351 g/mol. The quantitative estimate of drug-likeness (QED) is 0.920. The Kier molecular flexibility index (Phi) is 4.71. The number of nitrogens with zero attached hydrogens (tertiary/aromatic N) is 2. The van der Waals surface area contributed by atoms with Gasteiger partial charge in [-0.15, -0.1) is 10.2 Å². The van der Waals surface area contributed by atoms with Crippen molar-refractivity contribution in [1.29, 1.82) is 0 Å². The Bertz CT molecular complexity index is 727. The van der Waals surface area contributed by atoms with Gasteiger partial charge in [-0.1, -0.05) is 30.3 Å². The summed E-state index contributed by atoms with van der Waals surface area (Å²) < 4.78 is 45.4. The van der Waals surface area contributed by atoms with Crippen LogP contribution in [0.1, 0.15) is 12.8 Å². The number of rotatable bonds is 3. The van der Waals surface area contributed by atoms with Crippen molar-refractivity contribution in [3.8, 4) is 11.3 Å². The van der Waals surface area contributed by atoms with Gasteiger partial charge in [0, 0.05) is 18.8 Å². The van der Waals surface area contributed by atoms with Crippen molar-refractivity contribution < 1.29 is 22.7 Å². The van der Waals surface area contributed by atoms with Crippen molar-refractivity contribution in [2.75, 3.05) is 18.5 Å². The molecule has 0 radical (unpaired) electrons. The van der Waals surface area contributed by atoms with E-state index in [1.54, 1.807) is 6.07 Å². The third-order valence-electron chi connectivity index (χ3n) is 4.30. The molecule has 0 saturated carbocycles. The number of nitrogens with one attached hydrogen (secondary N) is 1. The molecule has 1 amide bonds. The second-order valence-electron chi connectivity index (χ2n) is 5.82. The van der Waals surface area contributed by atoms with E-state index >= 15 is 0 Å². The molecule has 1 aliphatic heterocycles. The van der Waals surface area contributed by atoms with Gasteiger partial charge >= 0.3 is 6.18 Å². The molecular weight excluding hydrogens is 335 g/mol. The van der Waals surface area contributed by atoms with Crippen LogP contribution in [0, 0.1) is 5.41 Å². The van der Waals surface area contributed by atoms with Gasteiger partial charge in [-0.2, -0.15) is 13.2 Å². The maximum atomic E-state index is 13.5. The van der Waals surface area contributed by atoms with Crippen LogP contribution in [-0.2, 0) is 9.53 Å². The molecule has 1 aromatic carbocycles. The largest absolute Gasteiger partial charge is 0.403 e. The normalized spacial score (nSPS) is 17.1. The van der Waals surface area contributed by atoms with Crippen molar-refractivity contribution >= 4 is 11.7 Å². The number of amides is 1. The van der Waals surface area contributed by atoms with Gasteiger partial charge in [0.25, 0.3) is 0 Å². The average molecular weight is 351 g/mol. The number of halogens is 3. The van der Waals surface area contributed by atoms with Crippen LogP contribution in [0.3, 0.4) is 0 Å². The van der Waals surface area contributed by atoms with Crippen molar-refractivity contribution in [3.63, 3.8) is 0 Å². The summed E-state index contributed by atoms with van der Waals surface area (Å²) in [6.07, 6.45) is -5.46. The van der Waals surface area contributed by atoms with Crippen LogP contribution >= 0.6 is 0 Å². The lowest BCUT2D eigenvalue weighted by Crippen LogP contribution is -2.51. The first-order valence-electron chi connectivity index (χ1n) is 7.77. The molecule has 1 aliphatic rings. The highest BCUT2D eigenvalue weighted by atomic mass is 19.4. The molecule has 1 saturated heterocycles. The Hall–Kier alpha value is -2.48. The molecule has 2 aromatic rings. The SMILES string of the molecule is O=C(Nc1ccc(-c2ccccc2)nn1)C1(C(F)(F)F)CCOCC1. The van der Waals surface area contributed by atoms with Crippen LogP contribution in [0.2, 0.25) is 0 Å². The summed E-state index contributed by atoms with van der Waals surface area (Å²) in [6.45, 7) is -0.211. The fourth-order valence-corrected chi connectivity index (χ4v) is 2.76. The first kappa shape index (κ1) is 17.3. The van der Waals surface area contributed by atoms with Crippen LogP contribution in [0.4, 0.5) is 19.0 Å². The number of carbonyl (C=O) groups is 1. The first-order valence-corrected chi connectivity index (χ1v) is 7.77. The van der Waals surface area contributed by atoms with Gasteiger partial charge in [-0.25, -0.2) is 0 Å². The number of benzene rings is 1. The van der Waals surface area contributed by atoms with Crippen LogP contribution in [-0.4, -0.2) is 35.5 Å². The fraction of sp³-hybridized carbons (Fsp3) is 0.353. The summed E-state index contributed by atoms with van der Waals surface area (Å²) in [4.78, 5) is 12.3. The molecule has 0 unspecified atom stereocenters. The van der Waals surface area contributed by atoms with E-state index in [1.807, 2.05) is 30.3 Å². The summed E-state index contributed by atoms with van der Waals surface area (Å²) in [7, 11) is 0. The van der Waals surface area contributed by atoms with Crippen molar-refractivity contribution in [2.45, 2.75) is 19.0 Å². The first-order chi connectivity index (χ1) is 11.9. The fourth-order valence-electron chi connectivity index (χ4n) is 2.76. The van der Waals surface area contributed by atoms with Crippen LogP contribution in [0.5, 0.6) is 0 Å². The van der Waals surface area contributed by atoms with E-state index in [0.29, 0.717) is 5.69 Å². The number of aromatic nitrogens is 2. The van der Waals surface area contributed by atoms with Gasteiger partial charge in [0.2, 0.25) is 5.91 Å². The lowest BCUT2D eigenvalue weighted by atomic mass is 9.78. The van der Waals surface area contributed by atoms with Crippen LogP contribution in [0.15, 0.2) is 42.5 Å². The van der Waals surface area contributed by atoms with E-state index in [0.717, 1.165) is 5.56 Å². The molecule has 1 aromatic heterocycles. The maximum absolute atomic E-state index is 13.5. The molecule has 0 spiro atoms. The van der Waals surface area contributed by atoms with Gasteiger partial charge in [0.15, 0.2) is 5.82 Å². The van der Waals surface area contributed by atoms with Gasteiger partial charge in [-0.05, 0) is 25.0 Å². The minimum absolute atomic E-state index is 0.0141. The van der Waals surface area contributed by atoms with E-state index in [2.05, 4.69) is 15.5 Å².